The average molecular weight is 613 g/mol. The molecule has 0 aliphatic carbocycles. The van der Waals surface area contributed by atoms with Gasteiger partial charge in [0.15, 0.2) is 0 Å². The van der Waals surface area contributed by atoms with Crippen molar-refractivity contribution in [1.82, 2.24) is 20.1 Å². The zero-order chi connectivity index (χ0) is 30.0. The molecule has 0 saturated carbocycles. The van der Waals surface area contributed by atoms with Crippen LogP contribution in [0, 0.1) is 0 Å². The van der Waals surface area contributed by atoms with Gasteiger partial charge >= 0.3 is 12.1 Å². The molecule has 5 aromatic rings. The first-order chi connectivity index (χ1) is 20.0. The highest BCUT2D eigenvalue weighted by molar-refractivity contribution is 6.42. The Kier molecular flexibility index (Phi) is 8.20. The Hall–Kier alpha value is -4.41. The molecular weight excluding hydrogens is 592 g/mol. The first-order valence-corrected chi connectivity index (χ1v) is 13.3. The van der Waals surface area contributed by atoms with E-state index in [4.69, 9.17) is 33.4 Å². The summed E-state index contributed by atoms with van der Waals surface area (Å²) in [6.45, 7) is 0.310. The number of rotatable bonds is 8. The molecule has 0 bridgehead atoms. The van der Waals surface area contributed by atoms with Crippen LogP contribution in [0.15, 0.2) is 79.0 Å². The summed E-state index contributed by atoms with van der Waals surface area (Å²) >= 11 is 12.3. The number of nitrogens with one attached hydrogen (secondary N) is 1. The van der Waals surface area contributed by atoms with Crippen molar-refractivity contribution >= 4 is 46.0 Å². The van der Waals surface area contributed by atoms with Gasteiger partial charge in [-0.1, -0.05) is 47.5 Å². The molecule has 214 valence electrons. The summed E-state index contributed by atoms with van der Waals surface area (Å²) in [6, 6.07) is 18.9. The third-order valence-electron chi connectivity index (χ3n) is 6.48. The first-order valence-electron chi connectivity index (χ1n) is 12.6. The van der Waals surface area contributed by atoms with Crippen LogP contribution in [0.5, 0.6) is 0 Å². The Morgan fingerprint density at radius 2 is 1.67 bits per heavy atom. The lowest BCUT2D eigenvalue weighted by Gasteiger charge is -2.11. The van der Waals surface area contributed by atoms with E-state index in [-0.39, 0.29) is 24.4 Å². The van der Waals surface area contributed by atoms with Crippen molar-refractivity contribution < 1.29 is 27.9 Å². The normalized spacial score (nSPS) is 11.5. The fraction of sp³-hybridized carbons (Fsp3) is 0.133. The lowest BCUT2D eigenvalue weighted by molar-refractivity contribution is -0.138. The van der Waals surface area contributed by atoms with Gasteiger partial charge in [0.1, 0.15) is 0 Å². The predicted molar refractivity (Wildman–Crippen MR) is 154 cm³/mol. The van der Waals surface area contributed by atoms with Gasteiger partial charge in [-0.15, -0.1) is 0 Å². The highest BCUT2D eigenvalue weighted by Crippen LogP contribution is 2.34. The third kappa shape index (κ3) is 6.56. The summed E-state index contributed by atoms with van der Waals surface area (Å²) in [6.07, 6.45) is -3.16. The van der Waals surface area contributed by atoms with Crippen LogP contribution in [0.1, 0.15) is 27.9 Å². The van der Waals surface area contributed by atoms with E-state index in [1.54, 1.807) is 53.2 Å². The van der Waals surface area contributed by atoms with E-state index >= 15 is 0 Å². The van der Waals surface area contributed by atoms with Crippen LogP contribution in [0.3, 0.4) is 0 Å². The van der Waals surface area contributed by atoms with Crippen molar-refractivity contribution in [2.45, 2.75) is 19.1 Å². The molecule has 0 saturated heterocycles. The summed E-state index contributed by atoms with van der Waals surface area (Å²) in [5.41, 5.74) is 3.20. The number of aromatic nitrogens is 3. The largest absolute Gasteiger partial charge is 0.481 e. The fourth-order valence-corrected chi connectivity index (χ4v) is 4.62. The molecular formula is C30H21Cl2F3N4O3. The van der Waals surface area contributed by atoms with E-state index < -0.39 is 17.7 Å². The number of fused-ring (bicyclic) bond motifs is 1. The van der Waals surface area contributed by atoms with Gasteiger partial charge in [-0.3, -0.25) is 19.3 Å². The van der Waals surface area contributed by atoms with E-state index in [0.717, 1.165) is 17.7 Å². The molecule has 0 atom stereocenters. The van der Waals surface area contributed by atoms with Crippen LogP contribution in [0.2, 0.25) is 10.0 Å². The van der Waals surface area contributed by atoms with Crippen LogP contribution in [0.25, 0.3) is 33.4 Å². The third-order valence-corrected chi connectivity index (χ3v) is 7.21. The standard InChI is InChI=1S/C30H21Cl2F3N4O3/c31-23-8-6-20(12-24(23)32)26-14-27(21-11-19-5-7-22(30(33,34)35)13-25(19)37-15-21)39(38-26)16-17-1-3-18(4-2-17)29(42)36-10-9-28(40)41/h1-8,11-15H,9-10,16H2,(H,36,42)(H,40,41). The zero-order valence-corrected chi connectivity index (χ0v) is 23.1. The molecule has 5 rings (SSSR count). The molecule has 0 spiro atoms. The maximum atomic E-state index is 13.2. The maximum Gasteiger partial charge on any atom is 0.416 e. The molecule has 0 aliphatic heterocycles. The van der Waals surface area contributed by atoms with E-state index in [1.807, 2.05) is 6.07 Å². The Balaban J connectivity index is 1.49. The zero-order valence-electron chi connectivity index (χ0n) is 21.6. The molecule has 1 amide bonds. The van der Waals surface area contributed by atoms with Crippen LogP contribution >= 0.6 is 23.2 Å². The summed E-state index contributed by atoms with van der Waals surface area (Å²) < 4.78 is 41.3. The van der Waals surface area contributed by atoms with Gasteiger partial charge in [0.05, 0.1) is 45.5 Å². The summed E-state index contributed by atoms with van der Waals surface area (Å²) in [5.74, 6) is -1.39. The Labute approximate surface area is 247 Å². The van der Waals surface area contributed by atoms with Crippen molar-refractivity contribution in [3.05, 3.63) is 106 Å². The van der Waals surface area contributed by atoms with E-state index in [9.17, 15) is 22.8 Å². The minimum Gasteiger partial charge on any atom is -0.481 e. The van der Waals surface area contributed by atoms with Gasteiger partial charge in [0.25, 0.3) is 5.91 Å². The van der Waals surface area contributed by atoms with Crippen LogP contribution in [-0.4, -0.2) is 38.3 Å². The number of carboxylic acids is 1. The van der Waals surface area contributed by atoms with Gasteiger partial charge in [0.2, 0.25) is 0 Å². The van der Waals surface area contributed by atoms with Gasteiger partial charge in [-0.05, 0) is 54.1 Å². The quantitative estimate of drug-likeness (QED) is 0.191. The van der Waals surface area contributed by atoms with Crippen LogP contribution in [-0.2, 0) is 17.5 Å². The minimum absolute atomic E-state index is 0.0152. The number of aliphatic carboxylic acids is 1. The predicted octanol–water partition coefficient (Wildman–Crippen LogP) is 7.34. The minimum atomic E-state index is -4.48. The average Bonchev–Trinajstić information content (AvgIpc) is 3.37. The Morgan fingerprint density at radius 1 is 0.905 bits per heavy atom. The number of hydrogen-bond acceptors (Lipinski definition) is 4. The second-order valence-corrected chi connectivity index (χ2v) is 10.2. The number of benzene rings is 3. The summed E-state index contributed by atoms with van der Waals surface area (Å²) in [4.78, 5) is 27.3. The number of hydrogen-bond donors (Lipinski definition) is 2. The maximum absolute atomic E-state index is 13.2. The fourth-order valence-electron chi connectivity index (χ4n) is 4.32. The first kappa shape index (κ1) is 29.1. The van der Waals surface area contributed by atoms with Gasteiger partial charge in [-0.25, -0.2) is 0 Å². The van der Waals surface area contributed by atoms with Gasteiger partial charge in [-0.2, -0.15) is 18.3 Å². The summed E-state index contributed by atoms with van der Waals surface area (Å²) in [5, 5.41) is 17.4. The number of carbonyl (C=O) groups is 2. The van der Waals surface area contributed by atoms with E-state index in [1.165, 1.54) is 12.3 Å². The Bertz CT molecular complexity index is 1800. The number of nitrogens with zero attached hydrogens (tertiary/aromatic N) is 3. The number of amides is 1. The topological polar surface area (TPSA) is 97.1 Å². The molecule has 2 N–H and O–H groups in total. The summed E-state index contributed by atoms with van der Waals surface area (Å²) in [7, 11) is 0. The molecule has 0 unspecified atom stereocenters. The lowest BCUT2D eigenvalue weighted by atomic mass is 10.1. The van der Waals surface area contributed by atoms with Crippen molar-refractivity contribution in [3.63, 3.8) is 0 Å². The molecule has 2 heterocycles. The molecule has 0 aliphatic rings. The molecule has 0 radical (unpaired) electrons. The van der Waals surface area contributed by atoms with Crippen molar-refractivity contribution in [3.8, 4) is 22.5 Å². The Morgan fingerprint density at radius 3 is 2.36 bits per heavy atom. The second-order valence-electron chi connectivity index (χ2n) is 9.43. The number of alkyl halides is 3. The highest BCUT2D eigenvalue weighted by atomic mass is 35.5. The van der Waals surface area contributed by atoms with Crippen molar-refractivity contribution in [1.29, 1.82) is 0 Å². The van der Waals surface area contributed by atoms with Crippen molar-refractivity contribution in [2.75, 3.05) is 6.54 Å². The van der Waals surface area contributed by atoms with E-state index in [2.05, 4.69) is 10.3 Å². The van der Waals surface area contributed by atoms with E-state index in [0.29, 0.717) is 50.1 Å². The van der Waals surface area contributed by atoms with Gasteiger partial charge < -0.3 is 10.4 Å². The molecule has 42 heavy (non-hydrogen) atoms. The SMILES string of the molecule is O=C(O)CCNC(=O)c1ccc(Cn2nc(-c3ccc(Cl)c(Cl)c3)cc2-c2cnc3cc(C(F)(F)F)ccc3c2)cc1. The smallest absolute Gasteiger partial charge is 0.416 e. The molecule has 0 fully saturated rings. The molecule has 12 heteroatoms. The molecule has 7 nitrogen and oxygen atoms in total. The van der Waals surface area contributed by atoms with Crippen molar-refractivity contribution in [2.24, 2.45) is 0 Å². The molecule has 3 aromatic carbocycles. The number of carboxylic acid groups (broad SMARTS) is 1. The van der Waals surface area contributed by atoms with Crippen LogP contribution in [0.4, 0.5) is 13.2 Å². The monoisotopic (exact) mass is 612 g/mol. The number of pyridine rings is 1. The highest BCUT2D eigenvalue weighted by Gasteiger charge is 2.30. The number of carbonyl (C=O) groups excluding carboxylic acids is 1. The second kappa shape index (κ2) is 11.8. The van der Waals surface area contributed by atoms with Crippen LogP contribution < -0.4 is 5.32 Å². The number of halogens is 5. The molecule has 2 aromatic heterocycles. The van der Waals surface area contributed by atoms with Gasteiger partial charge in [0, 0.05) is 34.8 Å². The lowest BCUT2D eigenvalue weighted by Crippen LogP contribution is -2.25.